The van der Waals surface area contributed by atoms with Gasteiger partial charge in [0.1, 0.15) is 6.10 Å². The Balaban J connectivity index is 1.39. The molecule has 2 aromatic rings. The average molecular weight is 356 g/mol. The Morgan fingerprint density at radius 3 is 2.85 bits per heavy atom. The molecular weight excluding hydrogens is 332 g/mol. The summed E-state index contributed by atoms with van der Waals surface area (Å²) in [4.78, 5) is 16.2. The van der Waals surface area contributed by atoms with Crippen LogP contribution in [0, 0.1) is 5.92 Å². The second kappa shape index (κ2) is 7.97. The van der Waals surface area contributed by atoms with E-state index in [9.17, 15) is 4.79 Å². The van der Waals surface area contributed by atoms with Crippen molar-refractivity contribution in [1.82, 2.24) is 20.1 Å². The van der Waals surface area contributed by atoms with Gasteiger partial charge in [-0.15, -0.1) is 0 Å². The van der Waals surface area contributed by atoms with Crippen LogP contribution in [0.2, 0.25) is 0 Å². The number of nitrogens with zero attached hydrogens (tertiary/aromatic N) is 3. The summed E-state index contributed by atoms with van der Waals surface area (Å²) < 4.78 is 13.4. The van der Waals surface area contributed by atoms with Crippen molar-refractivity contribution in [2.45, 2.75) is 31.9 Å². The predicted molar refractivity (Wildman–Crippen MR) is 94.7 cm³/mol. The number of carbonyl (C=O) groups is 1. The summed E-state index contributed by atoms with van der Waals surface area (Å²) in [5.74, 6) is 0.501. The van der Waals surface area contributed by atoms with Gasteiger partial charge in [0, 0.05) is 50.5 Å². The standard InChI is InChI=1S/C19H24N4O3/c24-19(15-1-6-20-7-2-15)21-11-17-18-16(5-10-26-17)13-23(22-18)12-14-3-8-25-9-4-14/h1-2,6-7,13-14,17H,3-5,8-12H2,(H,21,24). The number of pyridine rings is 1. The summed E-state index contributed by atoms with van der Waals surface area (Å²) in [7, 11) is 0. The number of ether oxygens (including phenoxy) is 2. The highest BCUT2D eigenvalue weighted by atomic mass is 16.5. The third kappa shape index (κ3) is 3.94. The number of hydrogen-bond acceptors (Lipinski definition) is 5. The molecule has 4 rings (SSSR count). The van der Waals surface area contributed by atoms with Gasteiger partial charge in [-0.3, -0.25) is 14.5 Å². The lowest BCUT2D eigenvalue weighted by Gasteiger charge is -2.22. The van der Waals surface area contributed by atoms with Crippen molar-refractivity contribution < 1.29 is 14.3 Å². The van der Waals surface area contributed by atoms with Gasteiger partial charge >= 0.3 is 0 Å². The zero-order valence-corrected chi connectivity index (χ0v) is 14.8. The summed E-state index contributed by atoms with van der Waals surface area (Å²) in [5.41, 5.74) is 2.78. The number of fused-ring (bicyclic) bond motifs is 1. The van der Waals surface area contributed by atoms with Gasteiger partial charge in [-0.1, -0.05) is 0 Å². The van der Waals surface area contributed by atoms with Gasteiger partial charge in [-0.2, -0.15) is 5.10 Å². The molecule has 0 aliphatic carbocycles. The van der Waals surface area contributed by atoms with Crippen molar-refractivity contribution in [3.8, 4) is 0 Å². The molecule has 7 nitrogen and oxygen atoms in total. The highest BCUT2D eigenvalue weighted by Crippen LogP contribution is 2.26. The smallest absolute Gasteiger partial charge is 0.251 e. The third-order valence-electron chi connectivity index (χ3n) is 5.04. The average Bonchev–Trinajstić information content (AvgIpc) is 3.10. The van der Waals surface area contributed by atoms with Gasteiger partial charge in [0.25, 0.3) is 5.91 Å². The summed E-state index contributed by atoms with van der Waals surface area (Å²) >= 11 is 0. The highest BCUT2D eigenvalue weighted by molar-refractivity contribution is 5.93. The minimum atomic E-state index is -0.194. The van der Waals surface area contributed by atoms with E-state index in [1.165, 1.54) is 5.56 Å². The van der Waals surface area contributed by atoms with Crippen LogP contribution >= 0.6 is 0 Å². The Bertz CT molecular complexity index is 740. The lowest BCUT2D eigenvalue weighted by Crippen LogP contribution is -2.32. The van der Waals surface area contributed by atoms with Crippen molar-refractivity contribution in [2.75, 3.05) is 26.4 Å². The van der Waals surface area contributed by atoms with Crippen LogP contribution in [0.15, 0.2) is 30.7 Å². The van der Waals surface area contributed by atoms with Crippen molar-refractivity contribution in [2.24, 2.45) is 5.92 Å². The molecule has 7 heteroatoms. The highest BCUT2D eigenvalue weighted by Gasteiger charge is 2.26. The second-order valence-electron chi connectivity index (χ2n) is 6.87. The number of amides is 1. The Morgan fingerprint density at radius 2 is 2.04 bits per heavy atom. The van der Waals surface area contributed by atoms with Gasteiger partial charge in [-0.05, 0) is 42.9 Å². The van der Waals surface area contributed by atoms with E-state index in [4.69, 9.17) is 14.6 Å². The molecule has 0 aromatic carbocycles. The minimum Gasteiger partial charge on any atom is -0.381 e. The van der Waals surface area contributed by atoms with E-state index in [1.54, 1.807) is 24.5 Å². The fourth-order valence-corrected chi connectivity index (χ4v) is 3.56. The lowest BCUT2D eigenvalue weighted by atomic mass is 10.0. The molecule has 1 unspecified atom stereocenters. The maximum Gasteiger partial charge on any atom is 0.251 e. The number of nitrogens with one attached hydrogen (secondary N) is 1. The molecule has 1 saturated heterocycles. The number of rotatable bonds is 5. The van der Waals surface area contributed by atoms with Crippen LogP contribution in [0.3, 0.4) is 0 Å². The largest absolute Gasteiger partial charge is 0.381 e. The number of aromatic nitrogens is 3. The van der Waals surface area contributed by atoms with Crippen LogP contribution in [0.1, 0.15) is 40.6 Å². The quantitative estimate of drug-likeness (QED) is 0.883. The first-order valence-electron chi connectivity index (χ1n) is 9.23. The maximum atomic E-state index is 12.2. The van der Waals surface area contributed by atoms with Crippen molar-refractivity contribution in [1.29, 1.82) is 0 Å². The first-order chi connectivity index (χ1) is 12.8. The molecule has 1 N–H and O–H groups in total. The van der Waals surface area contributed by atoms with Gasteiger partial charge < -0.3 is 14.8 Å². The Hall–Kier alpha value is -2.25. The first kappa shape index (κ1) is 17.2. The van der Waals surface area contributed by atoms with Crippen LogP contribution in [-0.4, -0.2) is 47.0 Å². The zero-order chi connectivity index (χ0) is 17.8. The zero-order valence-electron chi connectivity index (χ0n) is 14.8. The Kier molecular flexibility index (Phi) is 5.26. The Labute approximate surface area is 152 Å². The third-order valence-corrected chi connectivity index (χ3v) is 5.04. The van der Waals surface area contributed by atoms with E-state index in [0.717, 1.165) is 44.7 Å². The maximum absolute atomic E-state index is 12.2. The van der Waals surface area contributed by atoms with E-state index >= 15 is 0 Å². The summed E-state index contributed by atoms with van der Waals surface area (Å²) in [6, 6.07) is 3.40. The summed E-state index contributed by atoms with van der Waals surface area (Å²) in [6.45, 7) is 3.69. The van der Waals surface area contributed by atoms with Crippen molar-refractivity contribution in [3.05, 3.63) is 47.5 Å². The predicted octanol–water partition coefficient (Wildman–Crippen LogP) is 1.75. The molecule has 0 saturated carbocycles. The van der Waals surface area contributed by atoms with E-state index in [1.807, 2.05) is 4.68 Å². The molecule has 2 aliphatic rings. The van der Waals surface area contributed by atoms with E-state index in [2.05, 4.69) is 16.5 Å². The van der Waals surface area contributed by atoms with Gasteiger partial charge in [0.2, 0.25) is 0 Å². The van der Waals surface area contributed by atoms with E-state index in [-0.39, 0.29) is 12.0 Å². The van der Waals surface area contributed by atoms with Gasteiger partial charge in [0.05, 0.1) is 12.3 Å². The molecule has 0 bridgehead atoms. The number of carbonyl (C=O) groups excluding carboxylic acids is 1. The molecule has 0 spiro atoms. The lowest BCUT2D eigenvalue weighted by molar-refractivity contribution is 0.0379. The van der Waals surface area contributed by atoms with Crippen LogP contribution in [0.25, 0.3) is 0 Å². The fourth-order valence-electron chi connectivity index (χ4n) is 3.56. The minimum absolute atomic E-state index is 0.121. The SMILES string of the molecule is O=C(NCC1OCCc2cn(CC3CCOCC3)nc21)c1ccncc1. The number of hydrogen-bond donors (Lipinski definition) is 1. The molecule has 4 heterocycles. The molecule has 1 amide bonds. The van der Waals surface area contributed by atoms with Crippen LogP contribution in [0.4, 0.5) is 0 Å². The fraction of sp³-hybridized carbons (Fsp3) is 0.526. The van der Waals surface area contributed by atoms with Crippen LogP contribution in [-0.2, 0) is 22.4 Å². The molecular formula is C19H24N4O3. The monoisotopic (exact) mass is 356 g/mol. The van der Waals surface area contributed by atoms with Gasteiger partial charge in [-0.25, -0.2) is 0 Å². The molecule has 138 valence electrons. The van der Waals surface area contributed by atoms with Crippen LogP contribution < -0.4 is 5.32 Å². The summed E-state index contributed by atoms with van der Waals surface area (Å²) in [6.07, 6.45) is 8.23. The molecule has 0 radical (unpaired) electrons. The van der Waals surface area contributed by atoms with Crippen molar-refractivity contribution >= 4 is 5.91 Å². The molecule has 1 fully saturated rings. The first-order valence-corrected chi connectivity index (χ1v) is 9.23. The second-order valence-corrected chi connectivity index (χ2v) is 6.87. The topological polar surface area (TPSA) is 78.3 Å². The summed E-state index contributed by atoms with van der Waals surface area (Å²) in [5, 5.41) is 7.71. The molecule has 2 aromatic heterocycles. The Morgan fingerprint density at radius 1 is 1.23 bits per heavy atom. The molecule has 1 atom stereocenters. The van der Waals surface area contributed by atoms with E-state index in [0.29, 0.717) is 24.6 Å². The van der Waals surface area contributed by atoms with Crippen LogP contribution in [0.5, 0.6) is 0 Å². The molecule has 26 heavy (non-hydrogen) atoms. The van der Waals surface area contributed by atoms with Gasteiger partial charge in [0.15, 0.2) is 0 Å². The normalized spacial score (nSPS) is 20.5. The molecule has 2 aliphatic heterocycles. The van der Waals surface area contributed by atoms with Crippen molar-refractivity contribution in [3.63, 3.8) is 0 Å². The van der Waals surface area contributed by atoms with E-state index < -0.39 is 0 Å².